The highest BCUT2D eigenvalue weighted by Gasteiger charge is 2.19. The lowest BCUT2D eigenvalue weighted by Gasteiger charge is -2.13. The number of fused-ring (bicyclic) bond motifs is 1. The Labute approximate surface area is 88.3 Å². The summed E-state index contributed by atoms with van der Waals surface area (Å²) in [5.41, 5.74) is 6.19. The van der Waals surface area contributed by atoms with Crippen molar-refractivity contribution in [3.8, 4) is 0 Å². The van der Waals surface area contributed by atoms with Gasteiger partial charge < -0.3 is 0 Å². The van der Waals surface area contributed by atoms with Crippen LogP contribution in [0.1, 0.15) is 35.0 Å². The second kappa shape index (κ2) is 3.38. The molecule has 0 spiro atoms. The number of carbonyl (C=O) groups excluding carboxylic acids is 1. The van der Waals surface area contributed by atoms with Gasteiger partial charge in [0.2, 0.25) is 0 Å². The molecule has 1 N–H and O–H groups in total. The van der Waals surface area contributed by atoms with Crippen molar-refractivity contribution in [2.24, 2.45) is 4.99 Å². The number of aliphatic imine (C=N–C) groups is 1. The van der Waals surface area contributed by atoms with Gasteiger partial charge in [-0.15, -0.1) is 0 Å². The molecule has 15 heavy (non-hydrogen) atoms. The summed E-state index contributed by atoms with van der Waals surface area (Å²) >= 11 is 0. The SMILES string of the molecule is C=C1N=CNn2cc(C(=O)CC)c(C)c21. The Morgan fingerprint density at radius 3 is 3.00 bits per heavy atom. The molecule has 0 saturated carbocycles. The lowest BCUT2D eigenvalue weighted by atomic mass is 10.1. The minimum absolute atomic E-state index is 0.143. The standard InChI is InChI=1S/C11H13N3O/c1-4-10(15)9-5-14-11(7(9)2)8(3)12-6-13-14/h5-6H,3-4H2,1-2H3,(H,12,13). The first kappa shape index (κ1) is 9.71. The largest absolute Gasteiger partial charge is 0.294 e. The van der Waals surface area contributed by atoms with Crippen molar-refractivity contribution in [3.05, 3.63) is 29.6 Å². The topological polar surface area (TPSA) is 46.4 Å². The van der Waals surface area contributed by atoms with E-state index in [1.54, 1.807) is 17.2 Å². The maximum atomic E-state index is 11.6. The first-order chi connectivity index (χ1) is 7.15. The van der Waals surface area contributed by atoms with Gasteiger partial charge in [-0.1, -0.05) is 13.5 Å². The van der Waals surface area contributed by atoms with Crippen molar-refractivity contribution in [3.63, 3.8) is 0 Å². The van der Waals surface area contributed by atoms with E-state index in [4.69, 9.17) is 0 Å². The highest BCUT2D eigenvalue weighted by molar-refractivity contribution is 5.99. The smallest absolute Gasteiger partial charge is 0.164 e. The van der Waals surface area contributed by atoms with Crippen molar-refractivity contribution >= 4 is 17.8 Å². The van der Waals surface area contributed by atoms with Crippen LogP contribution in [0.25, 0.3) is 5.70 Å². The molecule has 1 aromatic rings. The molecule has 78 valence electrons. The third-order valence-corrected chi connectivity index (χ3v) is 2.57. The molecule has 0 aromatic carbocycles. The fourth-order valence-electron chi connectivity index (χ4n) is 1.76. The van der Waals surface area contributed by atoms with Crippen LogP contribution in [-0.2, 0) is 0 Å². The minimum Gasteiger partial charge on any atom is -0.294 e. The maximum absolute atomic E-state index is 11.6. The normalized spacial score (nSPS) is 13.6. The Bertz CT molecular complexity index is 468. The molecular formula is C11H13N3O. The molecular weight excluding hydrogens is 190 g/mol. The number of carbonyl (C=O) groups is 1. The summed E-state index contributed by atoms with van der Waals surface area (Å²) in [6, 6.07) is 0. The molecule has 0 amide bonds. The first-order valence-corrected chi connectivity index (χ1v) is 4.88. The summed E-state index contributed by atoms with van der Waals surface area (Å²) in [7, 11) is 0. The molecule has 0 fully saturated rings. The van der Waals surface area contributed by atoms with Gasteiger partial charge in [0.25, 0.3) is 0 Å². The van der Waals surface area contributed by atoms with Crippen LogP contribution in [-0.4, -0.2) is 16.8 Å². The molecule has 2 heterocycles. The Balaban J connectivity index is 2.55. The van der Waals surface area contributed by atoms with E-state index in [1.165, 1.54) is 0 Å². The molecule has 0 saturated heterocycles. The Kier molecular flexibility index (Phi) is 2.19. The van der Waals surface area contributed by atoms with Crippen molar-refractivity contribution in [2.45, 2.75) is 20.3 Å². The zero-order chi connectivity index (χ0) is 11.0. The summed E-state index contributed by atoms with van der Waals surface area (Å²) in [5.74, 6) is 0.143. The van der Waals surface area contributed by atoms with E-state index in [9.17, 15) is 4.79 Å². The highest BCUT2D eigenvalue weighted by atomic mass is 16.1. The molecule has 1 aromatic heterocycles. The van der Waals surface area contributed by atoms with Crippen LogP contribution in [0.2, 0.25) is 0 Å². The molecule has 1 aliphatic rings. The molecule has 4 heteroatoms. The number of ketones is 1. The van der Waals surface area contributed by atoms with E-state index in [-0.39, 0.29) is 5.78 Å². The number of hydrogen-bond acceptors (Lipinski definition) is 3. The summed E-state index contributed by atoms with van der Waals surface area (Å²) in [6.07, 6.45) is 3.87. The van der Waals surface area contributed by atoms with Gasteiger partial charge in [-0.3, -0.25) is 14.9 Å². The van der Waals surface area contributed by atoms with E-state index in [0.717, 1.165) is 16.8 Å². The number of rotatable bonds is 2. The second-order valence-corrected chi connectivity index (χ2v) is 3.50. The molecule has 4 nitrogen and oxygen atoms in total. The van der Waals surface area contributed by atoms with Gasteiger partial charge >= 0.3 is 0 Å². The van der Waals surface area contributed by atoms with E-state index < -0.39 is 0 Å². The zero-order valence-electron chi connectivity index (χ0n) is 8.87. The lowest BCUT2D eigenvalue weighted by molar-refractivity contribution is 0.0987. The first-order valence-electron chi connectivity index (χ1n) is 4.88. The lowest BCUT2D eigenvalue weighted by Crippen LogP contribution is -2.18. The van der Waals surface area contributed by atoms with E-state index in [1.807, 2.05) is 13.8 Å². The number of nitrogens with zero attached hydrogens (tertiary/aromatic N) is 2. The molecule has 0 unspecified atom stereocenters. The summed E-state index contributed by atoms with van der Waals surface area (Å²) in [4.78, 5) is 15.7. The average Bonchev–Trinajstić information content (AvgIpc) is 2.56. The Morgan fingerprint density at radius 1 is 1.67 bits per heavy atom. The molecule has 1 aliphatic heterocycles. The van der Waals surface area contributed by atoms with Crippen molar-refractivity contribution in [1.82, 2.24) is 4.68 Å². The van der Waals surface area contributed by atoms with E-state index in [0.29, 0.717) is 12.1 Å². The predicted octanol–water partition coefficient (Wildman–Crippen LogP) is 1.95. The van der Waals surface area contributed by atoms with E-state index in [2.05, 4.69) is 17.0 Å². The van der Waals surface area contributed by atoms with Crippen LogP contribution in [0.4, 0.5) is 0 Å². The van der Waals surface area contributed by atoms with Crippen LogP contribution >= 0.6 is 0 Å². The Hall–Kier alpha value is -1.84. The summed E-state index contributed by atoms with van der Waals surface area (Å²) in [6.45, 7) is 7.62. The number of Topliss-reactive ketones (excluding diaryl/α,β-unsaturated/α-hetero) is 1. The van der Waals surface area contributed by atoms with Crippen LogP contribution in [0, 0.1) is 6.92 Å². The second-order valence-electron chi connectivity index (χ2n) is 3.50. The fraction of sp³-hybridized carbons (Fsp3) is 0.273. The summed E-state index contributed by atoms with van der Waals surface area (Å²) in [5, 5.41) is 0. The van der Waals surface area contributed by atoms with Gasteiger partial charge in [0.05, 0.1) is 11.4 Å². The van der Waals surface area contributed by atoms with Crippen LogP contribution in [0.5, 0.6) is 0 Å². The molecule has 2 rings (SSSR count). The van der Waals surface area contributed by atoms with Crippen molar-refractivity contribution < 1.29 is 4.79 Å². The quantitative estimate of drug-likeness (QED) is 0.747. The number of aromatic nitrogens is 1. The highest BCUT2D eigenvalue weighted by Crippen LogP contribution is 2.25. The fourth-order valence-corrected chi connectivity index (χ4v) is 1.76. The predicted molar refractivity (Wildman–Crippen MR) is 60.7 cm³/mol. The van der Waals surface area contributed by atoms with Gasteiger partial charge in [-0.05, 0) is 12.5 Å². The third kappa shape index (κ3) is 1.38. The Morgan fingerprint density at radius 2 is 2.40 bits per heavy atom. The average molecular weight is 203 g/mol. The molecule has 0 atom stereocenters. The zero-order valence-corrected chi connectivity index (χ0v) is 8.87. The van der Waals surface area contributed by atoms with Gasteiger partial charge in [-0.25, -0.2) is 4.99 Å². The molecule has 0 bridgehead atoms. The van der Waals surface area contributed by atoms with Gasteiger partial charge in [0, 0.05) is 18.2 Å². The van der Waals surface area contributed by atoms with Gasteiger partial charge in [0.1, 0.15) is 6.34 Å². The van der Waals surface area contributed by atoms with Crippen LogP contribution in [0.3, 0.4) is 0 Å². The minimum atomic E-state index is 0.143. The van der Waals surface area contributed by atoms with Gasteiger partial charge in [0.15, 0.2) is 5.78 Å². The van der Waals surface area contributed by atoms with Crippen LogP contribution < -0.4 is 5.43 Å². The number of nitrogens with one attached hydrogen (secondary N) is 1. The molecule has 0 aliphatic carbocycles. The van der Waals surface area contributed by atoms with Crippen molar-refractivity contribution in [1.29, 1.82) is 0 Å². The monoisotopic (exact) mass is 203 g/mol. The van der Waals surface area contributed by atoms with Crippen molar-refractivity contribution in [2.75, 3.05) is 5.43 Å². The molecule has 0 radical (unpaired) electrons. The van der Waals surface area contributed by atoms with Crippen LogP contribution in [0.15, 0.2) is 17.8 Å². The van der Waals surface area contributed by atoms with E-state index >= 15 is 0 Å². The third-order valence-electron chi connectivity index (χ3n) is 2.57. The number of hydrogen-bond donors (Lipinski definition) is 1. The summed E-state index contributed by atoms with van der Waals surface area (Å²) < 4.78 is 1.79. The van der Waals surface area contributed by atoms with Gasteiger partial charge in [-0.2, -0.15) is 0 Å². The maximum Gasteiger partial charge on any atom is 0.164 e.